The Labute approximate surface area is 115 Å². The molecule has 1 rings (SSSR count). The monoisotopic (exact) mass is 267 g/mol. The maximum Gasteiger partial charge on any atom is 0.303 e. The summed E-state index contributed by atoms with van der Waals surface area (Å²) in [4.78, 5) is 22.6. The van der Waals surface area contributed by atoms with Crippen molar-refractivity contribution >= 4 is 11.9 Å². The zero-order valence-electron chi connectivity index (χ0n) is 11.9. The van der Waals surface area contributed by atoms with Gasteiger partial charge in [-0.1, -0.05) is 26.0 Å². The summed E-state index contributed by atoms with van der Waals surface area (Å²) in [5.74, 6) is 0.0805. The highest BCUT2D eigenvalue weighted by Crippen LogP contribution is 2.20. The molecule has 4 nitrogen and oxygen atoms in total. The molecule has 0 aliphatic heterocycles. The number of amides is 1. The van der Waals surface area contributed by atoms with E-state index in [0.29, 0.717) is 24.8 Å². The van der Waals surface area contributed by atoms with Crippen LogP contribution in [0.4, 0.5) is 0 Å². The quantitative estimate of drug-likeness (QED) is 0.664. The second-order valence-electron chi connectivity index (χ2n) is 5.87. The maximum absolute atomic E-state index is 11.8. The van der Waals surface area contributed by atoms with E-state index < -0.39 is 5.97 Å². The van der Waals surface area contributed by atoms with E-state index in [1.54, 1.807) is 0 Å². The zero-order valence-corrected chi connectivity index (χ0v) is 11.9. The van der Waals surface area contributed by atoms with Crippen molar-refractivity contribution in [3.05, 3.63) is 12.2 Å². The van der Waals surface area contributed by atoms with Gasteiger partial charge in [-0.05, 0) is 37.0 Å². The fourth-order valence-electron chi connectivity index (χ4n) is 2.59. The number of carbonyl (C=O) groups excluding carboxylic acids is 1. The van der Waals surface area contributed by atoms with Gasteiger partial charge in [-0.25, -0.2) is 0 Å². The minimum atomic E-state index is -0.793. The van der Waals surface area contributed by atoms with Gasteiger partial charge in [0.2, 0.25) is 5.91 Å². The lowest BCUT2D eigenvalue weighted by atomic mass is 9.94. The van der Waals surface area contributed by atoms with E-state index in [9.17, 15) is 9.59 Å². The van der Waals surface area contributed by atoms with E-state index in [1.165, 1.54) is 0 Å². The third kappa shape index (κ3) is 6.99. The second-order valence-corrected chi connectivity index (χ2v) is 5.87. The van der Waals surface area contributed by atoms with Crippen molar-refractivity contribution in [3.63, 3.8) is 0 Å². The lowest BCUT2D eigenvalue weighted by molar-refractivity contribution is -0.138. The first-order chi connectivity index (χ1) is 8.97. The normalized spacial score (nSPS) is 19.6. The summed E-state index contributed by atoms with van der Waals surface area (Å²) >= 11 is 0. The standard InChI is InChI=1S/C15H25NO3/c1-11(2)7-13(9-15(18)19)10-16-14(17)8-12-5-3-4-6-12/h3,5,11-13H,4,6-10H2,1-2H3,(H,16,17)(H,18,19). The Kier molecular flexibility index (Phi) is 6.60. The molecule has 2 atom stereocenters. The van der Waals surface area contributed by atoms with E-state index in [2.05, 4.69) is 31.3 Å². The van der Waals surface area contributed by atoms with Crippen molar-refractivity contribution < 1.29 is 14.7 Å². The van der Waals surface area contributed by atoms with Gasteiger partial charge in [0, 0.05) is 19.4 Å². The van der Waals surface area contributed by atoms with Crippen LogP contribution in [-0.4, -0.2) is 23.5 Å². The molecule has 108 valence electrons. The molecule has 0 saturated carbocycles. The number of hydrogen-bond acceptors (Lipinski definition) is 2. The van der Waals surface area contributed by atoms with Gasteiger partial charge in [0.1, 0.15) is 0 Å². The molecule has 0 aromatic rings. The number of allylic oxidation sites excluding steroid dienone is 2. The van der Waals surface area contributed by atoms with Gasteiger partial charge in [-0.15, -0.1) is 0 Å². The first-order valence-corrected chi connectivity index (χ1v) is 7.12. The highest BCUT2D eigenvalue weighted by molar-refractivity contribution is 5.76. The van der Waals surface area contributed by atoms with Gasteiger partial charge in [0.05, 0.1) is 0 Å². The Balaban J connectivity index is 2.30. The van der Waals surface area contributed by atoms with Crippen LogP contribution in [0.3, 0.4) is 0 Å². The van der Waals surface area contributed by atoms with Gasteiger partial charge in [-0.2, -0.15) is 0 Å². The van der Waals surface area contributed by atoms with Crippen LogP contribution in [0.5, 0.6) is 0 Å². The van der Waals surface area contributed by atoms with Crippen molar-refractivity contribution in [2.75, 3.05) is 6.54 Å². The molecule has 4 heteroatoms. The number of aliphatic carboxylic acids is 1. The van der Waals surface area contributed by atoms with Crippen LogP contribution < -0.4 is 5.32 Å². The summed E-state index contributed by atoms with van der Waals surface area (Å²) in [5.41, 5.74) is 0. The van der Waals surface area contributed by atoms with Crippen LogP contribution >= 0.6 is 0 Å². The van der Waals surface area contributed by atoms with Crippen molar-refractivity contribution in [2.24, 2.45) is 17.8 Å². The van der Waals surface area contributed by atoms with Crippen molar-refractivity contribution in [1.82, 2.24) is 5.32 Å². The molecule has 0 spiro atoms. The summed E-state index contributed by atoms with van der Waals surface area (Å²) in [6.45, 7) is 4.61. The van der Waals surface area contributed by atoms with Crippen molar-refractivity contribution in [2.45, 2.75) is 46.0 Å². The van der Waals surface area contributed by atoms with Crippen LogP contribution in [0.1, 0.15) is 46.0 Å². The first kappa shape index (κ1) is 15.7. The molecule has 0 aromatic carbocycles. The van der Waals surface area contributed by atoms with Gasteiger partial charge in [-0.3, -0.25) is 9.59 Å². The fourth-order valence-corrected chi connectivity index (χ4v) is 2.59. The molecule has 1 amide bonds. The summed E-state index contributed by atoms with van der Waals surface area (Å²) in [7, 11) is 0. The minimum Gasteiger partial charge on any atom is -0.481 e. The molecule has 1 aliphatic carbocycles. The SMILES string of the molecule is CC(C)CC(CNC(=O)CC1C=CCC1)CC(=O)O. The van der Waals surface area contributed by atoms with Crippen molar-refractivity contribution in [1.29, 1.82) is 0 Å². The second kappa shape index (κ2) is 7.97. The van der Waals surface area contributed by atoms with Crippen LogP contribution in [0.2, 0.25) is 0 Å². The largest absolute Gasteiger partial charge is 0.481 e. The zero-order chi connectivity index (χ0) is 14.3. The highest BCUT2D eigenvalue weighted by Gasteiger charge is 2.18. The number of hydrogen-bond donors (Lipinski definition) is 2. The third-order valence-corrected chi connectivity index (χ3v) is 3.42. The predicted octanol–water partition coefficient (Wildman–Crippen LogP) is 2.60. The van der Waals surface area contributed by atoms with E-state index in [1.807, 2.05) is 0 Å². The van der Waals surface area contributed by atoms with Crippen LogP contribution in [0.25, 0.3) is 0 Å². The maximum atomic E-state index is 11.8. The van der Waals surface area contributed by atoms with E-state index in [0.717, 1.165) is 19.3 Å². The Morgan fingerprint density at radius 2 is 2.16 bits per heavy atom. The lowest BCUT2D eigenvalue weighted by Crippen LogP contribution is -2.31. The Morgan fingerprint density at radius 1 is 1.42 bits per heavy atom. The number of carboxylic acids is 1. The van der Waals surface area contributed by atoms with Crippen LogP contribution in [0, 0.1) is 17.8 Å². The summed E-state index contributed by atoms with van der Waals surface area (Å²) in [6, 6.07) is 0. The molecule has 0 aromatic heterocycles. The molecule has 0 bridgehead atoms. The Bertz CT molecular complexity index is 336. The molecule has 2 N–H and O–H groups in total. The summed E-state index contributed by atoms with van der Waals surface area (Å²) in [6.07, 6.45) is 7.81. The van der Waals surface area contributed by atoms with E-state index in [4.69, 9.17) is 5.11 Å². The van der Waals surface area contributed by atoms with Gasteiger partial charge >= 0.3 is 5.97 Å². The predicted molar refractivity (Wildman–Crippen MR) is 74.7 cm³/mol. The number of carbonyl (C=O) groups is 2. The molecular weight excluding hydrogens is 242 g/mol. The first-order valence-electron chi connectivity index (χ1n) is 7.12. The summed E-state index contributed by atoms with van der Waals surface area (Å²) < 4.78 is 0. The van der Waals surface area contributed by atoms with Crippen molar-refractivity contribution in [3.8, 4) is 0 Å². The van der Waals surface area contributed by atoms with Gasteiger partial charge in [0.15, 0.2) is 0 Å². The molecule has 0 heterocycles. The smallest absolute Gasteiger partial charge is 0.303 e. The molecule has 2 unspecified atom stereocenters. The number of rotatable bonds is 8. The molecule has 1 aliphatic rings. The minimum absolute atomic E-state index is 0.0283. The number of nitrogens with one attached hydrogen (secondary N) is 1. The number of carboxylic acid groups (broad SMARTS) is 1. The van der Waals surface area contributed by atoms with Crippen LogP contribution in [-0.2, 0) is 9.59 Å². The third-order valence-electron chi connectivity index (χ3n) is 3.42. The molecular formula is C15H25NO3. The topological polar surface area (TPSA) is 66.4 Å². The molecule has 19 heavy (non-hydrogen) atoms. The van der Waals surface area contributed by atoms with E-state index in [-0.39, 0.29) is 18.2 Å². The van der Waals surface area contributed by atoms with Gasteiger partial charge < -0.3 is 10.4 Å². The fraction of sp³-hybridized carbons (Fsp3) is 0.733. The highest BCUT2D eigenvalue weighted by atomic mass is 16.4. The van der Waals surface area contributed by atoms with E-state index >= 15 is 0 Å². The Morgan fingerprint density at radius 3 is 2.68 bits per heavy atom. The summed E-state index contributed by atoms with van der Waals surface area (Å²) in [5, 5.41) is 11.8. The van der Waals surface area contributed by atoms with Gasteiger partial charge in [0.25, 0.3) is 0 Å². The average Bonchev–Trinajstić information content (AvgIpc) is 2.77. The molecule has 0 saturated heterocycles. The average molecular weight is 267 g/mol. The molecule has 0 radical (unpaired) electrons. The Hall–Kier alpha value is -1.32. The molecule has 0 fully saturated rings. The van der Waals surface area contributed by atoms with Crippen LogP contribution in [0.15, 0.2) is 12.2 Å². The lowest BCUT2D eigenvalue weighted by Gasteiger charge is -2.18.